The molecule has 0 aliphatic rings. The highest BCUT2D eigenvalue weighted by Gasteiger charge is 2.39. The summed E-state index contributed by atoms with van der Waals surface area (Å²) in [6.45, 7) is 15.0. The monoisotopic (exact) mass is 356 g/mol. The van der Waals surface area contributed by atoms with Crippen LogP contribution < -0.4 is 0 Å². The Morgan fingerprint density at radius 2 is 1.14 bits per heavy atom. The Bertz CT molecular complexity index is 391. The molecule has 22 heavy (non-hydrogen) atoms. The van der Waals surface area contributed by atoms with Crippen LogP contribution in [0.2, 0.25) is 0 Å². The van der Waals surface area contributed by atoms with E-state index in [-0.39, 0.29) is 24.2 Å². The van der Waals surface area contributed by atoms with Gasteiger partial charge in [-0.2, -0.15) is 0 Å². The maximum atomic E-state index is 13.2. The molecule has 0 radical (unpaired) electrons. The van der Waals surface area contributed by atoms with Gasteiger partial charge in [-0.3, -0.25) is 9.13 Å². The van der Waals surface area contributed by atoms with Crippen LogP contribution in [0, 0.1) is 5.92 Å². The van der Waals surface area contributed by atoms with Gasteiger partial charge in [0.15, 0.2) is 0 Å². The first-order valence-electron chi connectivity index (χ1n) is 8.10. The molecule has 0 N–H and O–H groups in total. The van der Waals surface area contributed by atoms with Crippen molar-refractivity contribution in [3.05, 3.63) is 0 Å². The smallest absolute Gasteiger partial charge is 0.325 e. The van der Waals surface area contributed by atoms with Crippen molar-refractivity contribution < 1.29 is 22.7 Å². The van der Waals surface area contributed by atoms with E-state index in [4.69, 9.17) is 13.6 Å². The third-order valence-electron chi connectivity index (χ3n) is 2.58. The van der Waals surface area contributed by atoms with E-state index < -0.39 is 15.0 Å². The van der Waals surface area contributed by atoms with Crippen LogP contribution in [0.15, 0.2) is 0 Å². The summed E-state index contributed by atoms with van der Waals surface area (Å²) < 4.78 is 42.8. The lowest BCUT2D eigenvalue weighted by Crippen LogP contribution is -2.14. The van der Waals surface area contributed by atoms with Gasteiger partial charge in [0.1, 0.15) is 5.90 Å². The summed E-state index contributed by atoms with van der Waals surface area (Å²) in [4.78, 5) is 0. The fraction of sp³-hybridized carbons (Fsp3) is 1.00. The van der Waals surface area contributed by atoms with Crippen LogP contribution >= 0.6 is 15.0 Å². The van der Waals surface area contributed by atoms with Crippen molar-refractivity contribution in [2.45, 2.75) is 80.1 Å². The minimum atomic E-state index is -3.46. The van der Waals surface area contributed by atoms with Crippen LogP contribution in [0.3, 0.4) is 0 Å². The highest BCUT2D eigenvalue weighted by atomic mass is 31.2. The zero-order valence-electron chi connectivity index (χ0n) is 15.4. The molecule has 0 aliphatic carbocycles. The lowest BCUT2D eigenvalue weighted by Gasteiger charge is -2.28. The summed E-state index contributed by atoms with van der Waals surface area (Å²) in [6.07, 6.45) is 0.442. The van der Waals surface area contributed by atoms with Gasteiger partial charge < -0.3 is 13.6 Å². The molecular weight excluding hydrogens is 322 g/mol. The highest BCUT2D eigenvalue weighted by molar-refractivity contribution is 7.74. The number of rotatable bonds is 11. The van der Waals surface area contributed by atoms with E-state index in [2.05, 4.69) is 13.8 Å². The molecule has 0 aromatic rings. The quantitative estimate of drug-likeness (QED) is 0.442. The lowest BCUT2D eigenvalue weighted by molar-refractivity contribution is 0.144. The second kappa shape index (κ2) is 9.59. The summed E-state index contributed by atoms with van der Waals surface area (Å²) in [7, 11) is -6.53. The molecule has 1 unspecified atom stereocenters. The first kappa shape index (κ1) is 22.3. The average Bonchev–Trinajstić information content (AvgIpc) is 2.21. The molecule has 0 aromatic carbocycles. The highest BCUT2D eigenvalue weighted by Crippen LogP contribution is 2.65. The van der Waals surface area contributed by atoms with Crippen molar-refractivity contribution in [3.63, 3.8) is 0 Å². The van der Waals surface area contributed by atoms with Crippen molar-refractivity contribution in [2.75, 3.05) is 12.1 Å². The molecule has 0 heterocycles. The summed E-state index contributed by atoms with van der Waals surface area (Å²) in [5.74, 6) is 0.252. The van der Waals surface area contributed by atoms with E-state index in [1.807, 2.05) is 13.8 Å². The predicted molar refractivity (Wildman–Crippen MR) is 93.1 cm³/mol. The first-order valence-corrected chi connectivity index (χ1v) is 11.8. The Hall–Kier alpha value is 0.340. The Labute approximate surface area is 136 Å². The maximum Gasteiger partial charge on any atom is 0.340 e. The Morgan fingerprint density at radius 1 is 0.727 bits per heavy atom. The predicted octanol–water partition coefficient (Wildman–Crippen LogP) is 5.74. The maximum absolute atomic E-state index is 13.2. The molecule has 0 fully saturated rings. The van der Waals surface area contributed by atoms with Crippen LogP contribution in [0.1, 0.15) is 61.8 Å². The van der Waals surface area contributed by atoms with Gasteiger partial charge in [0.25, 0.3) is 0 Å². The molecule has 0 aliphatic heterocycles. The zero-order chi connectivity index (χ0) is 17.6. The molecular formula is C15H34O5P2. The third kappa shape index (κ3) is 10.2. The van der Waals surface area contributed by atoms with Crippen molar-refractivity contribution >= 4 is 15.0 Å². The molecule has 0 aromatic heterocycles. The minimum absolute atomic E-state index is 0.152. The summed E-state index contributed by atoms with van der Waals surface area (Å²) in [5, 5.41) is 0. The molecule has 0 rings (SSSR count). The molecule has 0 bridgehead atoms. The zero-order valence-corrected chi connectivity index (χ0v) is 17.2. The fourth-order valence-corrected chi connectivity index (χ4v) is 8.59. The topological polar surface area (TPSA) is 61.8 Å². The van der Waals surface area contributed by atoms with E-state index in [9.17, 15) is 9.13 Å². The van der Waals surface area contributed by atoms with E-state index in [1.165, 1.54) is 0 Å². The summed E-state index contributed by atoms with van der Waals surface area (Å²) in [5.41, 5.74) is 0. The number of hydrogen-bond donors (Lipinski definition) is 0. The van der Waals surface area contributed by atoms with Crippen LogP contribution in [-0.4, -0.2) is 30.4 Å². The van der Waals surface area contributed by atoms with Gasteiger partial charge in [-0.05, 0) is 53.9 Å². The second-order valence-electron chi connectivity index (χ2n) is 6.94. The minimum Gasteiger partial charge on any atom is -0.325 e. The largest absolute Gasteiger partial charge is 0.340 e. The van der Waals surface area contributed by atoms with Gasteiger partial charge >= 0.3 is 7.60 Å². The van der Waals surface area contributed by atoms with Crippen LogP contribution in [0.5, 0.6) is 0 Å². The molecule has 0 amide bonds. The third-order valence-corrected chi connectivity index (χ3v) is 8.92. The van der Waals surface area contributed by atoms with Gasteiger partial charge in [0, 0.05) is 6.16 Å². The van der Waals surface area contributed by atoms with Crippen LogP contribution in [-0.2, 0) is 22.7 Å². The van der Waals surface area contributed by atoms with E-state index in [0.29, 0.717) is 12.1 Å². The molecule has 0 saturated carbocycles. The average molecular weight is 356 g/mol. The van der Waals surface area contributed by atoms with E-state index in [1.54, 1.807) is 27.7 Å². The van der Waals surface area contributed by atoms with Gasteiger partial charge in [0.2, 0.25) is 7.37 Å². The van der Waals surface area contributed by atoms with Gasteiger partial charge in [-0.25, -0.2) is 0 Å². The normalized spacial score (nSPS) is 16.0. The standard InChI is InChI=1S/C15H34O5P2/c1-12(2)9-10-21(16,18-13(3)4)11-22(17,19-14(5)6)20-15(7)8/h12-15H,9-11H2,1-8H3. The molecule has 134 valence electrons. The Balaban J connectivity index is 5.25. The van der Waals surface area contributed by atoms with E-state index in [0.717, 1.165) is 6.42 Å². The van der Waals surface area contributed by atoms with Gasteiger partial charge in [0.05, 0.1) is 18.3 Å². The van der Waals surface area contributed by atoms with Gasteiger partial charge in [-0.15, -0.1) is 0 Å². The van der Waals surface area contributed by atoms with Crippen molar-refractivity contribution in [1.82, 2.24) is 0 Å². The van der Waals surface area contributed by atoms with Crippen LogP contribution in [0.4, 0.5) is 0 Å². The second-order valence-corrected chi connectivity index (χ2v) is 12.0. The number of hydrogen-bond acceptors (Lipinski definition) is 5. The SMILES string of the molecule is CC(C)CCP(=O)(CP(=O)(OC(C)C)OC(C)C)OC(C)C. The molecule has 0 spiro atoms. The van der Waals surface area contributed by atoms with Gasteiger partial charge in [-0.1, -0.05) is 13.8 Å². The summed E-state index contributed by atoms with van der Waals surface area (Å²) >= 11 is 0. The first-order chi connectivity index (χ1) is 9.87. The summed E-state index contributed by atoms with van der Waals surface area (Å²) in [6, 6.07) is 0. The molecule has 7 heteroatoms. The van der Waals surface area contributed by atoms with Crippen molar-refractivity contribution in [3.8, 4) is 0 Å². The van der Waals surface area contributed by atoms with Crippen molar-refractivity contribution in [2.24, 2.45) is 5.92 Å². The fourth-order valence-electron chi connectivity index (χ4n) is 1.99. The molecule has 1 atom stereocenters. The van der Waals surface area contributed by atoms with Crippen molar-refractivity contribution in [1.29, 1.82) is 0 Å². The Kier molecular flexibility index (Phi) is 9.74. The molecule has 0 saturated heterocycles. The van der Waals surface area contributed by atoms with Crippen LogP contribution in [0.25, 0.3) is 0 Å². The van der Waals surface area contributed by atoms with E-state index >= 15 is 0 Å². The Morgan fingerprint density at radius 3 is 1.45 bits per heavy atom. The lowest BCUT2D eigenvalue weighted by atomic mass is 10.2. The molecule has 5 nitrogen and oxygen atoms in total.